The molecule has 0 saturated carbocycles. The number of carbonyl (C=O) groups excluding carboxylic acids is 1. The minimum absolute atomic E-state index is 0.201. The molecule has 120 valence electrons. The fraction of sp³-hybridized carbons (Fsp3) is 0.333. The summed E-state index contributed by atoms with van der Waals surface area (Å²) in [7, 11) is 0. The molecule has 0 bridgehead atoms. The van der Waals surface area contributed by atoms with Crippen molar-refractivity contribution in [1.29, 1.82) is 0 Å². The minimum Gasteiger partial charge on any atom is -0.459 e. The quantitative estimate of drug-likeness (QED) is 0.689. The second kappa shape index (κ2) is 6.47. The molecule has 8 nitrogen and oxygen atoms in total. The first-order valence-corrected chi connectivity index (χ1v) is 7.26. The molecule has 3 heterocycles. The van der Waals surface area contributed by atoms with Gasteiger partial charge in [0.25, 0.3) is 11.8 Å². The molecule has 0 atom stereocenters. The van der Waals surface area contributed by atoms with Crippen molar-refractivity contribution in [3.05, 3.63) is 41.8 Å². The summed E-state index contributed by atoms with van der Waals surface area (Å²) in [5, 5.41) is 11.6. The highest BCUT2D eigenvalue weighted by molar-refractivity contribution is 5.92. The average molecular weight is 316 g/mol. The number of carbonyl (C=O) groups is 1. The molecule has 0 spiro atoms. The number of hydrogen-bond donors (Lipinski definition) is 0. The summed E-state index contributed by atoms with van der Waals surface area (Å²) in [5.41, 5.74) is 0.265. The largest absolute Gasteiger partial charge is 0.459 e. The van der Waals surface area contributed by atoms with Crippen LogP contribution >= 0.6 is 0 Å². The van der Waals surface area contributed by atoms with Gasteiger partial charge in [0, 0.05) is 12.6 Å². The van der Waals surface area contributed by atoms with Gasteiger partial charge in [-0.2, -0.15) is 0 Å². The van der Waals surface area contributed by atoms with E-state index < -0.39 is 0 Å². The van der Waals surface area contributed by atoms with E-state index >= 15 is 0 Å². The molecule has 3 aromatic heterocycles. The van der Waals surface area contributed by atoms with Crippen LogP contribution in [0.5, 0.6) is 0 Å². The lowest BCUT2D eigenvalue weighted by atomic mass is 10.3. The van der Waals surface area contributed by atoms with E-state index in [0.717, 1.165) is 6.42 Å². The molecular weight excluding hydrogens is 300 g/mol. The van der Waals surface area contributed by atoms with Gasteiger partial charge in [0.15, 0.2) is 11.5 Å². The van der Waals surface area contributed by atoms with Crippen molar-refractivity contribution < 1.29 is 18.2 Å². The van der Waals surface area contributed by atoms with E-state index in [1.165, 1.54) is 6.26 Å². The van der Waals surface area contributed by atoms with Crippen LogP contribution in [0.3, 0.4) is 0 Å². The summed E-state index contributed by atoms with van der Waals surface area (Å²) in [6.07, 6.45) is 2.32. The van der Waals surface area contributed by atoms with Crippen molar-refractivity contribution in [2.75, 3.05) is 6.54 Å². The molecule has 0 N–H and O–H groups in total. The summed E-state index contributed by atoms with van der Waals surface area (Å²) in [6, 6.07) is 5.07. The van der Waals surface area contributed by atoms with Crippen molar-refractivity contribution in [3.8, 4) is 11.7 Å². The fourth-order valence-electron chi connectivity index (χ4n) is 2.13. The van der Waals surface area contributed by atoms with Crippen LogP contribution in [0.25, 0.3) is 11.7 Å². The molecule has 3 rings (SSSR count). The Morgan fingerprint density at radius 3 is 2.87 bits per heavy atom. The van der Waals surface area contributed by atoms with E-state index in [1.807, 2.05) is 6.92 Å². The van der Waals surface area contributed by atoms with Crippen LogP contribution in [0.4, 0.5) is 0 Å². The first-order chi connectivity index (χ1) is 11.2. The highest BCUT2D eigenvalue weighted by atomic mass is 16.5. The highest BCUT2D eigenvalue weighted by Crippen LogP contribution is 2.19. The zero-order valence-electron chi connectivity index (χ0n) is 12.9. The van der Waals surface area contributed by atoms with E-state index in [4.69, 9.17) is 13.4 Å². The third kappa shape index (κ3) is 3.31. The molecule has 0 saturated heterocycles. The third-order valence-electron chi connectivity index (χ3n) is 3.15. The zero-order chi connectivity index (χ0) is 16.2. The SMILES string of the molecule is CCCN(Cc1nnc(-c2ccco2)o1)C(=O)c1cc(C)on1. The summed E-state index contributed by atoms with van der Waals surface area (Å²) >= 11 is 0. The van der Waals surface area contributed by atoms with Crippen LogP contribution in [-0.4, -0.2) is 32.7 Å². The predicted octanol–water partition coefficient (Wildman–Crippen LogP) is 2.68. The molecule has 1 amide bonds. The second-order valence-corrected chi connectivity index (χ2v) is 5.03. The molecule has 8 heteroatoms. The van der Waals surface area contributed by atoms with Crippen LogP contribution in [0.2, 0.25) is 0 Å². The maximum Gasteiger partial charge on any atom is 0.283 e. The number of rotatable bonds is 6. The number of aromatic nitrogens is 3. The molecule has 0 unspecified atom stereocenters. The standard InChI is InChI=1S/C15H16N4O4/c1-3-6-19(15(20)11-8-10(2)23-18-11)9-13-16-17-14(22-13)12-5-4-7-21-12/h4-5,7-8H,3,6,9H2,1-2H3. The summed E-state index contributed by atoms with van der Waals surface area (Å²) < 4.78 is 15.7. The maximum absolute atomic E-state index is 12.5. The van der Waals surface area contributed by atoms with Gasteiger partial charge in [-0.1, -0.05) is 12.1 Å². The van der Waals surface area contributed by atoms with E-state index in [-0.39, 0.29) is 24.0 Å². The minimum atomic E-state index is -0.235. The van der Waals surface area contributed by atoms with Crippen LogP contribution in [-0.2, 0) is 6.54 Å². The molecule has 0 aliphatic heterocycles. The number of furan rings is 1. The molecule has 3 aromatic rings. The first kappa shape index (κ1) is 15.0. The Morgan fingerprint density at radius 2 is 2.22 bits per heavy atom. The van der Waals surface area contributed by atoms with Gasteiger partial charge in [-0.15, -0.1) is 10.2 Å². The van der Waals surface area contributed by atoms with Crippen molar-refractivity contribution in [1.82, 2.24) is 20.3 Å². The first-order valence-electron chi connectivity index (χ1n) is 7.26. The number of aryl methyl sites for hydroxylation is 1. The Balaban J connectivity index is 1.76. The number of nitrogens with zero attached hydrogens (tertiary/aromatic N) is 4. The molecular formula is C15H16N4O4. The number of amides is 1. The van der Waals surface area contributed by atoms with Crippen molar-refractivity contribution in [3.63, 3.8) is 0 Å². The van der Waals surface area contributed by atoms with E-state index in [9.17, 15) is 4.79 Å². The Labute approximate surface area is 132 Å². The van der Waals surface area contributed by atoms with E-state index in [1.54, 1.807) is 30.0 Å². The lowest BCUT2D eigenvalue weighted by Crippen LogP contribution is -2.31. The van der Waals surface area contributed by atoms with Gasteiger partial charge in [-0.05, 0) is 25.5 Å². The second-order valence-electron chi connectivity index (χ2n) is 5.03. The van der Waals surface area contributed by atoms with Crippen LogP contribution in [0.15, 0.2) is 37.8 Å². The Kier molecular flexibility index (Phi) is 4.22. The molecule has 0 aliphatic rings. The number of hydrogen-bond acceptors (Lipinski definition) is 7. The van der Waals surface area contributed by atoms with Gasteiger partial charge in [-0.25, -0.2) is 0 Å². The lowest BCUT2D eigenvalue weighted by molar-refractivity contribution is 0.0718. The monoisotopic (exact) mass is 316 g/mol. The fourth-order valence-corrected chi connectivity index (χ4v) is 2.13. The normalized spacial score (nSPS) is 10.9. The van der Waals surface area contributed by atoms with E-state index in [2.05, 4.69) is 15.4 Å². The average Bonchev–Trinajstić information content (AvgIpc) is 3.27. The molecule has 0 fully saturated rings. The van der Waals surface area contributed by atoms with Gasteiger partial charge >= 0.3 is 0 Å². The smallest absolute Gasteiger partial charge is 0.283 e. The van der Waals surface area contributed by atoms with Gasteiger partial charge in [0.05, 0.1) is 12.8 Å². The van der Waals surface area contributed by atoms with Gasteiger partial charge in [0.1, 0.15) is 5.76 Å². The Bertz CT molecular complexity index is 775. The van der Waals surface area contributed by atoms with Crippen LogP contribution < -0.4 is 0 Å². The van der Waals surface area contributed by atoms with Gasteiger partial charge in [-0.3, -0.25) is 4.79 Å². The highest BCUT2D eigenvalue weighted by Gasteiger charge is 2.21. The van der Waals surface area contributed by atoms with Crippen molar-refractivity contribution in [2.45, 2.75) is 26.8 Å². The summed E-state index contributed by atoms with van der Waals surface area (Å²) in [4.78, 5) is 14.1. The topological polar surface area (TPSA) is 98.4 Å². The van der Waals surface area contributed by atoms with E-state index in [0.29, 0.717) is 24.0 Å². The lowest BCUT2D eigenvalue weighted by Gasteiger charge is -2.18. The molecule has 0 aromatic carbocycles. The molecule has 0 aliphatic carbocycles. The molecule has 0 radical (unpaired) electrons. The predicted molar refractivity (Wildman–Crippen MR) is 78.3 cm³/mol. The summed E-state index contributed by atoms with van der Waals surface area (Å²) in [6.45, 7) is 4.47. The third-order valence-corrected chi connectivity index (χ3v) is 3.15. The summed E-state index contributed by atoms with van der Waals surface area (Å²) in [5.74, 6) is 1.46. The Morgan fingerprint density at radius 1 is 1.35 bits per heavy atom. The zero-order valence-corrected chi connectivity index (χ0v) is 12.9. The van der Waals surface area contributed by atoms with Crippen LogP contribution in [0.1, 0.15) is 35.5 Å². The Hall–Kier alpha value is -2.90. The van der Waals surface area contributed by atoms with Crippen LogP contribution in [0, 0.1) is 6.92 Å². The van der Waals surface area contributed by atoms with Crippen molar-refractivity contribution in [2.24, 2.45) is 0 Å². The van der Waals surface area contributed by atoms with Gasteiger partial charge < -0.3 is 18.3 Å². The van der Waals surface area contributed by atoms with Gasteiger partial charge in [0.2, 0.25) is 5.89 Å². The maximum atomic E-state index is 12.5. The van der Waals surface area contributed by atoms with Crippen molar-refractivity contribution >= 4 is 5.91 Å². The molecule has 23 heavy (non-hydrogen) atoms.